The van der Waals surface area contributed by atoms with E-state index in [0.29, 0.717) is 22.3 Å². The van der Waals surface area contributed by atoms with E-state index in [-0.39, 0.29) is 30.0 Å². The van der Waals surface area contributed by atoms with Crippen LogP contribution in [-0.4, -0.2) is 26.8 Å². The Kier molecular flexibility index (Phi) is 5.42. The third-order valence-electron chi connectivity index (χ3n) is 4.34. The van der Waals surface area contributed by atoms with Gasteiger partial charge in [-0.25, -0.2) is 0 Å². The Hall–Kier alpha value is -3.65. The van der Waals surface area contributed by atoms with E-state index in [4.69, 9.17) is 0 Å². The molecule has 1 saturated carbocycles. The smallest absolute Gasteiger partial charge is 0.270 e. The minimum absolute atomic E-state index is 0.0921. The topological polar surface area (TPSA) is 124 Å². The van der Waals surface area contributed by atoms with Crippen molar-refractivity contribution in [1.29, 1.82) is 0 Å². The van der Waals surface area contributed by atoms with Crippen molar-refractivity contribution in [2.24, 2.45) is 0 Å². The van der Waals surface area contributed by atoms with Crippen molar-refractivity contribution in [3.05, 3.63) is 91.0 Å². The van der Waals surface area contributed by atoms with Gasteiger partial charge in [-0.15, -0.1) is 0 Å². The van der Waals surface area contributed by atoms with Crippen molar-refractivity contribution >= 4 is 29.3 Å². The highest BCUT2D eigenvalue weighted by Gasteiger charge is 2.26. The molecule has 8 nitrogen and oxygen atoms in total. The van der Waals surface area contributed by atoms with E-state index >= 15 is 0 Å². The van der Waals surface area contributed by atoms with Crippen molar-refractivity contribution in [3.63, 3.8) is 0 Å². The predicted molar refractivity (Wildman–Crippen MR) is 102 cm³/mol. The zero-order valence-electron chi connectivity index (χ0n) is 14.6. The van der Waals surface area contributed by atoms with Crippen LogP contribution in [-0.2, 0) is 4.79 Å². The third-order valence-corrected chi connectivity index (χ3v) is 4.34. The van der Waals surface area contributed by atoms with Crippen LogP contribution in [0.5, 0.6) is 0 Å². The summed E-state index contributed by atoms with van der Waals surface area (Å²) in [5, 5.41) is 32.0. The summed E-state index contributed by atoms with van der Waals surface area (Å²) >= 11 is 0. The number of carbonyl (C=O) groups is 1. The number of non-ortho nitro benzene ring substituents is 2. The van der Waals surface area contributed by atoms with E-state index < -0.39 is 16.0 Å². The molecule has 2 aromatic rings. The molecule has 0 unspecified atom stereocenters. The molecule has 1 aliphatic carbocycles. The number of rotatable bonds is 4. The molecule has 0 aliphatic heterocycles. The molecule has 0 aromatic heterocycles. The first-order valence-corrected chi connectivity index (χ1v) is 8.46. The van der Waals surface area contributed by atoms with Gasteiger partial charge in [-0.2, -0.15) is 0 Å². The van der Waals surface area contributed by atoms with Crippen molar-refractivity contribution in [2.75, 3.05) is 0 Å². The van der Waals surface area contributed by atoms with Crippen molar-refractivity contribution in [3.8, 4) is 0 Å². The second-order valence-electron chi connectivity index (χ2n) is 6.43. The van der Waals surface area contributed by atoms with Crippen LogP contribution >= 0.6 is 0 Å². The van der Waals surface area contributed by atoms with Crippen LogP contribution in [0.2, 0.25) is 0 Å². The van der Waals surface area contributed by atoms with Gasteiger partial charge in [0.05, 0.1) is 16.0 Å². The molecule has 142 valence electrons. The number of ketones is 1. The molecule has 0 heterocycles. The predicted octanol–water partition coefficient (Wildman–Crippen LogP) is 3.69. The lowest BCUT2D eigenvalue weighted by molar-refractivity contribution is -0.385. The first-order chi connectivity index (χ1) is 13.3. The van der Waals surface area contributed by atoms with E-state index in [0.717, 1.165) is 0 Å². The van der Waals surface area contributed by atoms with Gasteiger partial charge in [0.25, 0.3) is 11.4 Å². The number of aliphatic hydroxyl groups is 1. The molecular weight excluding hydrogens is 364 g/mol. The fourth-order valence-corrected chi connectivity index (χ4v) is 3.08. The number of hydrogen-bond acceptors (Lipinski definition) is 6. The molecule has 0 bridgehead atoms. The van der Waals surface area contributed by atoms with Gasteiger partial charge in [0.15, 0.2) is 5.78 Å². The van der Waals surface area contributed by atoms with Crippen LogP contribution in [0.4, 0.5) is 11.4 Å². The molecule has 8 heteroatoms. The molecule has 2 aromatic carbocycles. The fraction of sp³-hybridized carbons (Fsp3) is 0.150. The summed E-state index contributed by atoms with van der Waals surface area (Å²) in [6.07, 6.45) is 2.53. The average Bonchev–Trinajstić information content (AvgIpc) is 2.66. The van der Waals surface area contributed by atoms with E-state index in [1.165, 1.54) is 48.6 Å². The first kappa shape index (κ1) is 19.1. The highest BCUT2D eigenvalue weighted by atomic mass is 16.6. The van der Waals surface area contributed by atoms with Crippen LogP contribution < -0.4 is 0 Å². The maximum atomic E-state index is 12.8. The lowest BCUT2D eigenvalue weighted by Gasteiger charge is -2.21. The quantitative estimate of drug-likeness (QED) is 0.490. The van der Waals surface area contributed by atoms with Gasteiger partial charge in [0.2, 0.25) is 0 Å². The molecule has 3 rings (SSSR count). The maximum absolute atomic E-state index is 12.8. The van der Waals surface area contributed by atoms with Gasteiger partial charge in [0, 0.05) is 48.3 Å². The lowest BCUT2D eigenvalue weighted by atomic mass is 9.85. The number of benzene rings is 2. The SMILES string of the molecule is O=C1/C(=C/c2cccc([N+](=O)[O-])c2)CC(O)C/C1=C\c1cccc([N+](=O)[O-])c1. The number of Topliss-reactive ketones (excluding diaryl/α,β-unsaturated/α-hetero) is 1. The van der Waals surface area contributed by atoms with Gasteiger partial charge in [0.1, 0.15) is 0 Å². The Balaban J connectivity index is 1.94. The lowest BCUT2D eigenvalue weighted by Crippen LogP contribution is -2.23. The van der Waals surface area contributed by atoms with Crippen LogP contribution in [0.15, 0.2) is 59.7 Å². The van der Waals surface area contributed by atoms with Gasteiger partial charge in [-0.05, 0) is 23.3 Å². The summed E-state index contributed by atoms with van der Waals surface area (Å²) in [4.78, 5) is 33.6. The monoisotopic (exact) mass is 380 g/mol. The molecule has 0 amide bonds. The molecule has 1 fully saturated rings. The third kappa shape index (κ3) is 4.36. The van der Waals surface area contributed by atoms with Gasteiger partial charge >= 0.3 is 0 Å². The Morgan fingerprint density at radius 2 is 1.29 bits per heavy atom. The van der Waals surface area contributed by atoms with Crippen molar-refractivity contribution < 1.29 is 19.7 Å². The number of nitrogens with zero attached hydrogens (tertiary/aromatic N) is 2. The largest absolute Gasteiger partial charge is 0.392 e. The molecule has 0 radical (unpaired) electrons. The van der Waals surface area contributed by atoms with Crippen LogP contribution in [0, 0.1) is 20.2 Å². The highest BCUT2D eigenvalue weighted by molar-refractivity contribution is 6.14. The zero-order chi connectivity index (χ0) is 20.3. The summed E-state index contributed by atoms with van der Waals surface area (Å²) < 4.78 is 0. The average molecular weight is 380 g/mol. The van der Waals surface area contributed by atoms with Gasteiger partial charge in [-0.1, -0.05) is 24.3 Å². The second-order valence-corrected chi connectivity index (χ2v) is 6.43. The van der Waals surface area contributed by atoms with Gasteiger partial charge < -0.3 is 5.11 Å². The molecule has 0 spiro atoms. The van der Waals surface area contributed by atoms with E-state index in [1.54, 1.807) is 12.1 Å². The summed E-state index contributed by atoms with van der Waals surface area (Å²) in [5.41, 5.74) is 1.45. The number of nitro groups is 2. The van der Waals surface area contributed by atoms with E-state index in [2.05, 4.69) is 0 Å². The fourth-order valence-electron chi connectivity index (χ4n) is 3.08. The van der Waals surface area contributed by atoms with Crippen LogP contribution in [0.25, 0.3) is 12.2 Å². The van der Waals surface area contributed by atoms with Crippen LogP contribution in [0.3, 0.4) is 0 Å². The highest BCUT2D eigenvalue weighted by Crippen LogP contribution is 2.29. The summed E-state index contributed by atoms with van der Waals surface area (Å²) in [6, 6.07) is 11.7. The molecule has 1 aliphatic rings. The maximum Gasteiger partial charge on any atom is 0.270 e. The normalized spacial score (nSPS) is 19.8. The number of carbonyl (C=O) groups excluding carboxylic acids is 1. The van der Waals surface area contributed by atoms with Crippen molar-refractivity contribution in [1.82, 2.24) is 0 Å². The van der Waals surface area contributed by atoms with Gasteiger partial charge in [-0.3, -0.25) is 25.0 Å². The Morgan fingerprint density at radius 3 is 1.68 bits per heavy atom. The minimum atomic E-state index is -0.785. The molecule has 0 saturated heterocycles. The zero-order valence-corrected chi connectivity index (χ0v) is 14.6. The summed E-state index contributed by atoms with van der Waals surface area (Å²) in [7, 11) is 0. The molecule has 1 N–H and O–H groups in total. The Bertz CT molecular complexity index is 945. The summed E-state index contributed by atoms with van der Waals surface area (Å²) in [6.45, 7) is 0. The molecule has 0 atom stereocenters. The standard InChI is InChI=1S/C20H16N2O6/c23-19-11-15(7-13-3-1-5-17(9-13)21(25)26)20(24)16(12-19)8-14-4-2-6-18(10-14)22(27)28/h1-10,19,23H,11-12H2/b15-7+,16-8+. The minimum Gasteiger partial charge on any atom is -0.392 e. The van der Waals surface area contributed by atoms with E-state index in [1.807, 2.05) is 0 Å². The van der Waals surface area contributed by atoms with E-state index in [9.17, 15) is 30.1 Å². The molecule has 28 heavy (non-hydrogen) atoms. The summed E-state index contributed by atoms with van der Waals surface area (Å²) in [5.74, 6) is -0.289. The molecular formula is C20H16N2O6. The van der Waals surface area contributed by atoms with Crippen molar-refractivity contribution in [2.45, 2.75) is 18.9 Å². The number of nitro benzene ring substituents is 2. The Labute approximate surface area is 159 Å². The Morgan fingerprint density at radius 1 is 0.857 bits per heavy atom. The van der Waals surface area contributed by atoms with Crippen LogP contribution in [0.1, 0.15) is 24.0 Å². The number of hydrogen-bond donors (Lipinski definition) is 1. The number of aliphatic hydroxyl groups excluding tert-OH is 1. The second kappa shape index (κ2) is 7.93. The first-order valence-electron chi connectivity index (χ1n) is 8.46.